The fraction of sp³-hybridized carbons (Fsp3) is 0.0833. The maximum absolute atomic E-state index is 10.6. The molecule has 3 N–H and O–H groups in total. The molecule has 0 amide bonds. The number of pyridine rings is 1. The van der Waals surface area contributed by atoms with E-state index in [1.54, 1.807) is 24.3 Å². The van der Waals surface area contributed by atoms with Crippen molar-refractivity contribution in [1.82, 2.24) is 4.98 Å². The minimum absolute atomic E-state index is 0.0693. The number of nitrogens with one attached hydrogen (secondary N) is 1. The number of rotatable bonds is 5. The standard InChI is InChI=1S/C12H11ClN4O2S/c13-10-5-6-12(16-14)15-11(10)7-20-9-3-1-8(2-4-9)17(18)19/h1-6H,7,14H2,(H,15,16). The number of non-ortho nitro benzene ring substituents is 1. The lowest BCUT2D eigenvalue weighted by atomic mass is 10.3. The highest BCUT2D eigenvalue weighted by Gasteiger charge is 2.07. The number of halogens is 1. The van der Waals surface area contributed by atoms with Crippen molar-refractivity contribution < 1.29 is 4.92 Å². The molecule has 0 fully saturated rings. The number of nitrogens with two attached hydrogens (primary N) is 1. The SMILES string of the molecule is NNc1ccc(Cl)c(CSc2ccc([N+](=O)[O-])cc2)n1. The van der Waals surface area contributed by atoms with Crippen LogP contribution >= 0.6 is 23.4 Å². The topological polar surface area (TPSA) is 94.1 Å². The number of thioether (sulfide) groups is 1. The summed E-state index contributed by atoms with van der Waals surface area (Å²) in [6, 6.07) is 9.73. The molecule has 0 bridgehead atoms. The number of benzene rings is 1. The van der Waals surface area contributed by atoms with Gasteiger partial charge in [-0.1, -0.05) is 11.6 Å². The average molecular weight is 311 g/mol. The maximum atomic E-state index is 10.6. The first-order valence-electron chi connectivity index (χ1n) is 5.59. The first-order valence-corrected chi connectivity index (χ1v) is 6.96. The largest absolute Gasteiger partial charge is 0.308 e. The minimum atomic E-state index is -0.427. The Morgan fingerprint density at radius 3 is 2.60 bits per heavy atom. The Morgan fingerprint density at radius 1 is 1.30 bits per heavy atom. The van der Waals surface area contributed by atoms with Gasteiger partial charge in [-0.15, -0.1) is 11.8 Å². The highest BCUT2D eigenvalue weighted by atomic mass is 35.5. The second-order valence-electron chi connectivity index (χ2n) is 3.81. The summed E-state index contributed by atoms with van der Waals surface area (Å²) in [5.74, 6) is 6.38. The molecule has 0 radical (unpaired) electrons. The fourth-order valence-corrected chi connectivity index (χ4v) is 2.59. The summed E-state index contributed by atoms with van der Waals surface area (Å²) in [5.41, 5.74) is 3.23. The summed E-state index contributed by atoms with van der Waals surface area (Å²) >= 11 is 7.54. The van der Waals surface area contributed by atoms with Gasteiger partial charge in [0.15, 0.2) is 0 Å². The van der Waals surface area contributed by atoms with Gasteiger partial charge in [0.25, 0.3) is 5.69 Å². The maximum Gasteiger partial charge on any atom is 0.269 e. The van der Waals surface area contributed by atoms with Crippen LogP contribution < -0.4 is 11.3 Å². The molecule has 1 aromatic carbocycles. The highest BCUT2D eigenvalue weighted by Crippen LogP contribution is 2.27. The van der Waals surface area contributed by atoms with Crippen LogP contribution in [-0.4, -0.2) is 9.91 Å². The predicted octanol–water partition coefficient (Wildman–Crippen LogP) is 3.22. The van der Waals surface area contributed by atoms with E-state index in [2.05, 4.69) is 10.4 Å². The van der Waals surface area contributed by atoms with Gasteiger partial charge >= 0.3 is 0 Å². The third-order valence-electron chi connectivity index (χ3n) is 2.49. The molecule has 0 spiro atoms. The summed E-state index contributed by atoms with van der Waals surface area (Å²) in [7, 11) is 0. The van der Waals surface area contributed by atoms with E-state index in [1.807, 2.05) is 0 Å². The quantitative estimate of drug-likeness (QED) is 0.381. The van der Waals surface area contributed by atoms with Crippen LogP contribution in [0, 0.1) is 10.1 Å². The Morgan fingerprint density at radius 2 is 2.00 bits per heavy atom. The molecule has 20 heavy (non-hydrogen) atoms. The highest BCUT2D eigenvalue weighted by molar-refractivity contribution is 7.98. The van der Waals surface area contributed by atoms with Crippen LogP contribution in [0.2, 0.25) is 5.02 Å². The molecule has 0 aliphatic rings. The van der Waals surface area contributed by atoms with E-state index < -0.39 is 4.92 Å². The lowest BCUT2D eigenvalue weighted by Gasteiger charge is -2.06. The molecule has 0 saturated heterocycles. The summed E-state index contributed by atoms with van der Waals surface area (Å²) < 4.78 is 0. The van der Waals surface area contributed by atoms with Crippen LogP contribution in [0.5, 0.6) is 0 Å². The monoisotopic (exact) mass is 310 g/mol. The van der Waals surface area contributed by atoms with E-state index in [0.717, 1.165) is 4.90 Å². The number of anilines is 1. The van der Waals surface area contributed by atoms with Gasteiger partial charge in [0.1, 0.15) is 5.82 Å². The Bertz CT molecular complexity index is 621. The third-order valence-corrected chi connectivity index (χ3v) is 3.86. The molecule has 1 aromatic heterocycles. The molecular formula is C12H11ClN4O2S. The first-order chi connectivity index (χ1) is 9.60. The molecule has 104 valence electrons. The zero-order valence-electron chi connectivity index (χ0n) is 10.2. The van der Waals surface area contributed by atoms with Crippen LogP contribution in [0.15, 0.2) is 41.3 Å². The van der Waals surface area contributed by atoms with Gasteiger partial charge in [-0.05, 0) is 24.3 Å². The van der Waals surface area contributed by atoms with E-state index in [-0.39, 0.29) is 5.69 Å². The van der Waals surface area contributed by atoms with Gasteiger partial charge in [-0.2, -0.15) is 0 Å². The van der Waals surface area contributed by atoms with Crippen LogP contribution in [-0.2, 0) is 5.75 Å². The molecule has 2 rings (SSSR count). The Balaban J connectivity index is 2.06. The molecule has 2 aromatic rings. The van der Waals surface area contributed by atoms with E-state index in [9.17, 15) is 10.1 Å². The van der Waals surface area contributed by atoms with Gasteiger partial charge < -0.3 is 5.43 Å². The Kier molecular flexibility index (Phi) is 4.78. The van der Waals surface area contributed by atoms with Gasteiger partial charge in [0, 0.05) is 22.8 Å². The fourth-order valence-electron chi connectivity index (χ4n) is 1.48. The molecule has 8 heteroatoms. The number of nitrogen functional groups attached to an aromatic ring is 1. The van der Waals surface area contributed by atoms with E-state index in [4.69, 9.17) is 17.4 Å². The first kappa shape index (κ1) is 14.6. The minimum Gasteiger partial charge on any atom is -0.308 e. The summed E-state index contributed by atoms with van der Waals surface area (Å²) in [6.07, 6.45) is 0. The van der Waals surface area contributed by atoms with Crippen molar-refractivity contribution in [1.29, 1.82) is 0 Å². The van der Waals surface area contributed by atoms with Crippen molar-refractivity contribution in [2.24, 2.45) is 5.84 Å². The van der Waals surface area contributed by atoms with Gasteiger partial charge in [0.05, 0.1) is 15.6 Å². The Labute approximate surface area is 124 Å². The predicted molar refractivity (Wildman–Crippen MR) is 79.7 cm³/mol. The van der Waals surface area contributed by atoms with Crippen LogP contribution in [0.1, 0.15) is 5.69 Å². The molecule has 0 aliphatic heterocycles. The number of hydrogen-bond acceptors (Lipinski definition) is 6. The number of aromatic nitrogens is 1. The van der Waals surface area contributed by atoms with Crippen molar-refractivity contribution >= 4 is 34.9 Å². The summed E-state index contributed by atoms with van der Waals surface area (Å²) in [4.78, 5) is 15.3. The normalized spacial score (nSPS) is 10.3. The summed E-state index contributed by atoms with van der Waals surface area (Å²) in [5, 5.41) is 11.1. The van der Waals surface area contributed by atoms with Gasteiger partial charge in [0.2, 0.25) is 0 Å². The molecule has 6 nitrogen and oxygen atoms in total. The summed E-state index contributed by atoms with van der Waals surface area (Å²) in [6.45, 7) is 0. The van der Waals surface area contributed by atoms with Crippen molar-refractivity contribution in [3.63, 3.8) is 0 Å². The smallest absolute Gasteiger partial charge is 0.269 e. The average Bonchev–Trinajstić information content (AvgIpc) is 2.47. The van der Waals surface area contributed by atoms with E-state index >= 15 is 0 Å². The van der Waals surface area contributed by atoms with Crippen LogP contribution in [0.4, 0.5) is 11.5 Å². The lowest BCUT2D eigenvalue weighted by molar-refractivity contribution is -0.384. The lowest BCUT2D eigenvalue weighted by Crippen LogP contribution is -2.09. The zero-order valence-corrected chi connectivity index (χ0v) is 11.8. The second kappa shape index (κ2) is 6.56. The van der Waals surface area contributed by atoms with E-state index in [0.29, 0.717) is 22.3 Å². The van der Waals surface area contributed by atoms with Crippen molar-refractivity contribution in [3.8, 4) is 0 Å². The van der Waals surface area contributed by atoms with Crippen LogP contribution in [0.25, 0.3) is 0 Å². The zero-order chi connectivity index (χ0) is 14.5. The molecule has 0 aliphatic carbocycles. The number of nitro benzene ring substituents is 1. The van der Waals surface area contributed by atoms with Crippen molar-refractivity contribution in [3.05, 3.63) is 57.2 Å². The van der Waals surface area contributed by atoms with Crippen molar-refractivity contribution in [2.45, 2.75) is 10.6 Å². The third kappa shape index (κ3) is 3.60. The number of nitro groups is 1. The van der Waals surface area contributed by atoms with Gasteiger partial charge in [-0.25, -0.2) is 10.8 Å². The molecule has 1 heterocycles. The second-order valence-corrected chi connectivity index (χ2v) is 5.26. The number of hydrogen-bond donors (Lipinski definition) is 2. The number of nitrogens with zero attached hydrogens (tertiary/aromatic N) is 2. The number of hydrazine groups is 1. The van der Waals surface area contributed by atoms with E-state index in [1.165, 1.54) is 23.9 Å². The molecule has 0 saturated carbocycles. The molecule has 0 atom stereocenters. The Hall–Kier alpha value is -1.83. The van der Waals surface area contributed by atoms with Crippen LogP contribution in [0.3, 0.4) is 0 Å². The van der Waals surface area contributed by atoms with Gasteiger partial charge in [-0.3, -0.25) is 10.1 Å². The molecular weight excluding hydrogens is 300 g/mol. The van der Waals surface area contributed by atoms with Crippen molar-refractivity contribution in [2.75, 3.05) is 5.43 Å². The molecule has 0 unspecified atom stereocenters.